The highest BCUT2D eigenvalue weighted by Gasteiger charge is 2.33. The highest BCUT2D eigenvalue weighted by molar-refractivity contribution is 5.32. The van der Waals surface area contributed by atoms with Gasteiger partial charge in [0.1, 0.15) is 0 Å². The van der Waals surface area contributed by atoms with E-state index in [1.807, 2.05) is 6.20 Å². The molecule has 6 heteroatoms. The van der Waals surface area contributed by atoms with Gasteiger partial charge in [-0.3, -0.25) is 4.68 Å². The van der Waals surface area contributed by atoms with Crippen LogP contribution in [0.1, 0.15) is 29.7 Å². The van der Waals surface area contributed by atoms with Crippen molar-refractivity contribution in [3.63, 3.8) is 0 Å². The Kier molecular flexibility index (Phi) is 4.13. The van der Waals surface area contributed by atoms with Gasteiger partial charge in [-0.1, -0.05) is 18.2 Å². The van der Waals surface area contributed by atoms with E-state index in [-0.39, 0.29) is 5.56 Å². The topological polar surface area (TPSA) is 29.9 Å². The highest BCUT2D eigenvalue weighted by Crippen LogP contribution is 2.34. The number of halogens is 3. The fourth-order valence-electron chi connectivity index (χ4n) is 2.08. The Balaban J connectivity index is 2.11. The van der Waals surface area contributed by atoms with E-state index < -0.39 is 17.8 Å². The number of alkyl halides is 3. The maximum atomic E-state index is 12.9. The Hall–Kier alpha value is -1.82. The van der Waals surface area contributed by atoms with Crippen LogP contribution in [-0.4, -0.2) is 9.78 Å². The molecule has 0 saturated heterocycles. The summed E-state index contributed by atoms with van der Waals surface area (Å²) >= 11 is 0. The van der Waals surface area contributed by atoms with E-state index in [4.69, 9.17) is 0 Å². The fraction of sp³-hybridized carbons (Fsp3) is 0.357. The molecule has 20 heavy (non-hydrogen) atoms. The van der Waals surface area contributed by atoms with E-state index >= 15 is 0 Å². The van der Waals surface area contributed by atoms with Crippen LogP contribution in [0.25, 0.3) is 0 Å². The van der Waals surface area contributed by atoms with E-state index in [9.17, 15) is 13.2 Å². The molecule has 1 unspecified atom stereocenters. The van der Waals surface area contributed by atoms with Gasteiger partial charge in [0.2, 0.25) is 0 Å². The largest absolute Gasteiger partial charge is 0.416 e. The summed E-state index contributed by atoms with van der Waals surface area (Å²) < 4.78 is 40.5. The van der Waals surface area contributed by atoms with Gasteiger partial charge in [-0.25, -0.2) is 0 Å². The summed E-state index contributed by atoms with van der Waals surface area (Å²) in [6.07, 6.45) is -0.814. The summed E-state index contributed by atoms with van der Waals surface area (Å²) in [5.74, 6) is 0. The van der Waals surface area contributed by atoms with Gasteiger partial charge in [0.25, 0.3) is 0 Å². The number of benzene rings is 1. The van der Waals surface area contributed by atoms with Gasteiger partial charge in [0.15, 0.2) is 0 Å². The summed E-state index contributed by atoms with van der Waals surface area (Å²) in [5.41, 5.74) is 0.596. The third-order valence-corrected chi connectivity index (χ3v) is 3.10. The molecule has 0 fully saturated rings. The molecule has 0 saturated carbocycles. The lowest BCUT2D eigenvalue weighted by molar-refractivity contribution is -0.138. The van der Waals surface area contributed by atoms with Gasteiger partial charge < -0.3 is 5.32 Å². The second-order valence-corrected chi connectivity index (χ2v) is 4.71. The van der Waals surface area contributed by atoms with Gasteiger partial charge in [0.05, 0.1) is 11.8 Å². The number of aryl methyl sites for hydroxylation is 1. The summed E-state index contributed by atoms with van der Waals surface area (Å²) in [4.78, 5) is 0. The third kappa shape index (κ3) is 3.39. The molecule has 1 aromatic heterocycles. The Morgan fingerprint density at radius 2 is 2.00 bits per heavy atom. The van der Waals surface area contributed by atoms with Crippen molar-refractivity contribution in [2.75, 3.05) is 0 Å². The van der Waals surface area contributed by atoms with E-state index in [1.54, 1.807) is 30.9 Å². The van der Waals surface area contributed by atoms with Crippen LogP contribution in [0.4, 0.5) is 13.2 Å². The van der Waals surface area contributed by atoms with Gasteiger partial charge >= 0.3 is 6.18 Å². The van der Waals surface area contributed by atoms with Crippen LogP contribution in [0.3, 0.4) is 0 Å². The molecule has 0 aliphatic carbocycles. The molecule has 1 aromatic carbocycles. The Labute approximate surface area is 115 Å². The third-order valence-electron chi connectivity index (χ3n) is 3.10. The predicted octanol–water partition coefficient (Wildman–Crippen LogP) is 3.29. The molecule has 1 atom stereocenters. The summed E-state index contributed by atoms with van der Waals surface area (Å²) in [5, 5.41) is 7.11. The van der Waals surface area contributed by atoms with Gasteiger partial charge in [-0.05, 0) is 18.6 Å². The SMILES string of the molecule is CC(NCc1cnn(C)c1)c1ccccc1C(F)(F)F. The number of nitrogens with zero attached hydrogens (tertiary/aromatic N) is 2. The minimum Gasteiger partial charge on any atom is -0.306 e. The second-order valence-electron chi connectivity index (χ2n) is 4.71. The number of rotatable bonds is 4. The van der Waals surface area contributed by atoms with E-state index in [1.165, 1.54) is 12.1 Å². The first kappa shape index (κ1) is 14.6. The minimum atomic E-state index is -4.33. The van der Waals surface area contributed by atoms with Crippen molar-refractivity contribution >= 4 is 0 Å². The number of aromatic nitrogens is 2. The number of nitrogens with one attached hydrogen (secondary N) is 1. The summed E-state index contributed by atoms with van der Waals surface area (Å²) in [7, 11) is 1.80. The zero-order valence-corrected chi connectivity index (χ0v) is 11.3. The summed E-state index contributed by atoms with van der Waals surface area (Å²) in [6.45, 7) is 2.20. The molecule has 2 aromatic rings. The molecule has 108 valence electrons. The van der Waals surface area contributed by atoms with Crippen molar-refractivity contribution in [1.82, 2.24) is 15.1 Å². The maximum absolute atomic E-state index is 12.9. The van der Waals surface area contributed by atoms with Crippen LogP contribution in [0.5, 0.6) is 0 Å². The molecule has 2 rings (SSSR count). The minimum absolute atomic E-state index is 0.254. The van der Waals surface area contributed by atoms with Gasteiger partial charge in [-0.15, -0.1) is 0 Å². The highest BCUT2D eigenvalue weighted by atomic mass is 19.4. The van der Waals surface area contributed by atoms with Crippen LogP contribution in [0.15, 0.2) is 36.7 Å². The lowest BCUT2D eigenvalue weighted by atomic mass is 10.0. The van der Waals surface area contributed by atoms with Crippen molar-refractivity contribution in [3.05, 3.63) is 53.3 Å². The van der Waals surface area contributed by atoms with Gasteiger partial charge in [-0.2, -0.15) is 18.3 Å². The van der Waals surface area contributed by atoms with E-state index in [0.29, 0.717) is 6.54 Å². The van der Waals surface area contributed by atoms with Crippen LogP contribution >= 0.6 is 0 Å². The van der Waals surface area contributed by atoms with Crippen molar-refractivity contribution in [2.45, 2.75) is 25.7 Å². The van der Waals surface area contributed by atoms with Crippen LogP contribution in [0.2, 0.25) is 0 Å². The van der Waals surface area contributed by atoms with Crippen LogP contribution in [0, 0.1) is 0 Å². The van der Waals surface area contributed by atoms with E-state index in [0.717, 1.165) is 11.6 Å². The first-order chi connectivity index (χ1) is 9.38. The molecule has 1 heterocycles. The van der Waals surface area contributed by atoms with Crippen molar-refractivity contribution in [1.29, 1.82) is 0 Å². The van der Waals surface area contributed by atoms with Crippen molar-refractivity contribution in [2.24, 2.45) is 7.05 Å². The first-order valence-electron chi connectivity index (χ1n) is 6.25. The smallest absolute Gasteiger partial charge is 0.306 e. The molecule has 3 nitrogen and oxygen atoms in total. The molecule has 0 spiro atoms. The Morgan fingerprint density at radius 3 is 2.60 bits per heavy atom. The average Bonchev–Trinajstić information content (AvgIpc) is 2.81. The fourth-order valence-corrected chi connectivity index (χ4v) is 2.08. The molecular formula is C14H16F3N3. The number of hydrogen-bond acceptors (Lipinski definition) is 2. The quantitative estimate of drug-likeness (QED) is 0.933. The molecule has 0 radical (unpaired) electrons. The zero-order chi connectivity index (χ0) is 14.8. The molecule has 0 bridgehead atoms. The molecule has 0 amide bonds. The number of hydrogen-bond donors (Lipinski definition) is 1. The first-order valence-corrected chi connectivity index (χ1v) is 6.25. The van der Waals surface area contributed by atoms with Crippen molar-refractivity contribution in [3.8, 4) is 0 Å². The van der Waals surface area contributed by atoms with Crippen LogP contribution < -0.4 is 5.32 Å². The standard InChI is InChI=1S/C14H16F3N3/c1-10(18-7-11-8-19-20(2)9-11)12-5-3-4-6-13(12)14(15,16)17/h3-6,8-10,18H,7H2,1-2H3. The monoisotopic (exact) mass is 283 g/mol. The average molecular weight is 283 g/mol. The van der Waals surface area contributed by atoms with E-state index in [2.05, 4.69) is 10.4 Å². The molecular weight excluding hydrogens is 267 g/mol. The van der Waals surface area contributed by atoms with Gasteiger partial charge in [0, 0.05) is 31.4 Å². The lowest BCUT2D eigenvalue weighted by Crippen LogP contribution is -2.21. The maximum Gasteiger partial charge on any atom is 0.416 e. The Morgan fingerprint density at radius 1 is 1.30 bits per heavy atom. The van der Waals surface area contributed by atoms with Crippen molar-refractivity contribution < 1.29 is 13.2 Å². The summed E-state index contributed by atoms with van der Waals surface area (Å²) in [6, 6.07) is 5.24. The molecule has 1 N–H and O–H groups in total. The molecule has 0 aliphatic heterocycles. The molecule has 0 aliphatic rings. The second kappa shape index (κ2) is 5.66. The van der Waals surface area contributed by atoms with Crippen LogP contribution in [-0.2, 0) is 19.8 Å². The Bertz CT molecular complexity index is 575. The lowest BCUT2D eigenvalue weighted by Gasteiger charge is -2.19. The predicted molar refractivity (Wildman–Crippen MR) is 69.9 cm³/mol. The normalized spacial score (nSPS) is 13.4. The zero-order valence-electron chi connectivity index (χ0n) is 11.3.